The quantitative estimate of drug-likeness (QED) is 0.802. The minimum absolute atomic E-state index is 0.449. The summed E-state index contributed by atoms with van der Waals surface area (Å²) < 4.78 is 0. The van der Waals surface area contributed by atoms with E-state index in [0.29, 0.717) is 11.8 Å². The molecule has 1 atom stereocenters. The molecule has 0 aliphatic heterocycles. The maximum Gasteiger partial charge on any atom is 0.131 e. The second-order valence-corrected chi connectivity index (χ2v) is 4.74. The van der Waals surface area contributed by atoms with E-state index in [1.54, 1.807) is 0 Å². The van der Waals surface area contributed by atoms with Crippen molar-refractivity contribution in [3.05, 3.63) is 23.8 Å². The van der Waals surface area contributed by atoms with E-state index in [1.807, 2.05) is 12.3 Å². The molecule has 1 unspecified atom stereocenters. The van der Waals surface area contributed by atoms with Gasteiger partial charge in [0.25, 0.3) is 0 Å². The van der Waals surface area contributed by atoms with Crippen LogP contribution in [0.5, 0.6) is 0 Å². The van der Waals surface area contributed by atoms with Crippen molar-refractivity contribution >= 4 is 0 Å². The summed E-state index contributed by atoms with van der Waals surface area (Å²) in [6, 6.07) is 1.99. The first-order valence-corrected chi connectivity index (χ1v) is 6.16. The van der Waals surface area contributed by atoms with Gasteiger partial charge in [0.2, 0.25) is 0 Å². The number of nitrogens with one attached hydrogen (secondary N) is 1. The maximum absolute atomic E-state index is 4.57. The Hall–Kier alpha value is -0.960. The minimum atomic E-state index is 0.449. The first-order chi connectivity index (χ1) is 7.63. The van der Waals surface area contributed by atoms with Crippen molar-refractivity contribution in [1.82, 2.24) is 15.3 Å². The van der Waals surface area contributed by atoms with Crippen molar-refractivity contribution in [2.24, 2.45) is 5.92 Å². The molecule has 16 heavy (non-hydrogen) atoms. The topological polar surface area (TPSA) is 37.8 Å². The molecule has 0 saturated carbocycles. The molecule has 0 aliphatic rings. The van der Waals surface area contributed by atoms with Crippen molar-refractivity contribution in [2.45, 2.75) is 46.6 Å². The molecule has 1 aromatic rings. The minimum Gasteiger partial charge on any atom is -0.311 e. The lowest BCUT2D eigenvalue weighted by atomic mass is 10.1. The molecule has 3 heteroatoms. The number of aromatic nitrogens is 2. The lowest BCUT2D eigenvalue weighted by Crippen LogP contribution is -2.20. The zero-order chi connectivity index (χ0) is 12.0. The highest BCUT2D eigenvalue weighted by atomic mass is 14.9. The van der Waals surface area contributed by atoms with Crippen LogP contribution >= 0.6 is 0 Å². The molecule has 0 amide bonds. The molecule has 1 N–H and O–H groups in total. The van der Waals surface area contributed by atoms with E-state index in [2.05, 4.69) is 43.0 Å². The van der Waals surface area contributed by atoms with E-state index < -0.39 is 0 Å². The molecule has 1 heterocycles. The van der Waals surface area contributed by atoms with Crippen LogP contribution in [0.1, 0.15) is 51.6 Å². The molecule has 0 bridgehead atoms. The molecule has 0 aromatic carbocycles. The molecule has 0 saturated heterocycles. The van der Waals surface area contributed by atoms with Gasteiger partial charge in [0.05, 0.1) is 5.69 Å². The molecule has 1 rings (SSSR count). The molecule has 0 radical (unpaired) electrons. The van der Waals surface area contributed by atoms with Crippen molar-refractivity contribution < 1.29 is 0 Å². The second-order valence-electron chi connectivity index (χ2n) is 4.74. The monoisotopic (exact) mass is 221 g/mol. The Kier molecular flexibility index (Phi) is 5.39. The fourth-order valence-corrected chi connectivity index (χ4v) is 1.42. The predicted octanol–water partition coefficient (Wildman–Crippen LogP) is 2.74. The average Bonchev–Trinajstić information content (AvgIpc) is 2.28. The smallest absolute Gasteiger partial charge is 0.131 e. The van der Waals surface area contributed by atoms with Gasteiger partial charge in [0.15, 0.2) is 0 Å². The van der Waals surface area contributed by atoms with Crippen molar-refractivity contribution in [3.8, 4) is 0 Å². The van der Waals surface area contributed by atoms with Crippen LogP contribution in [0.3, 0.4) is 0 Å². The van der Waals surface area contributed by atoms with Gasteiger partial charge in [-0.15, -0.1) is 0 Å². The van der Waals surface area contributed by atoms with E-state index in [0.717, 1.165) is 31.0 Å². The Bertz CT molecular complexity index is 310. The fourth-order valence-electron chi connectivity index (χ4n) is 1.42. The lowest BCUT2D eigenvalue weighted by molar-refractivity contribution is 0.545. The zero-order valence-corrected chi connectivity index (χ0v) is 10.8. The summed E-state index contributed by atoms with van der Waals surface area (Å²) in [6.07, 6.45) is 2.95. The van der Waals surface area contributed by atoms with E-state index in [1.165, 1.54) is 0 Å². The summed E-state index contributed by atoms with van der Waals surface area (Å²) in [7, 11) is 0. The maximum atomic E-state index is 4.57. The molecule has 3 nitrogen and oxygen atoms in total. The van der Waals surface area contributed by atoms with Crippen LogP contribution in [-0.2, 0) is 6.54 Å². The van der Waals surface area contributed by atoms with E-state index >= 15 is 0 Å². The first-order valence-electron chi connectivity index (χ1n) is 6.16. The molecule has 0 fully saturated rings. The fraction of sp³-hybridized carbons (Fsp3) is 0.692. The summed E-state index contributed by atoms with van der Waals surface area (Å²) in [5.74, 6) is 2.09. The molecule has 0 aliphatic carbocycles. The SMILES string of the molecule is CCC(C)c1nccc(CNCC(C)C)n1. The largest absolute Gasteiger partial charge is 0.311 e. The normalized spacial score (nSPS) is 13.1. The van der Waals surface area contributed by atoms with Crippen molar-refractivity contribution in [3.63, 3.8) is 0 Å². The van der Waals surface area contributed by atoms with E-state index in [9.17, 15) is 0 Å². The highest BCUT2D eigenvalue weighted by molar-refractivity contribution is 5.04. The van der Waals surface area contributed by atoms with Gasteiger partial charge in [-0.3, -0.25) is 0 Å². The third kappa shape index (κ3) is 4.27. The lowest BCUT2D eigenvalue weighted by Gasteiger charge is -2.10. The number of nitrogens with zero attached hydrogens (tertiary/aromatic N) is 2. The Morgan fingerprint density at radius 3 is 2.69 bits per heavy atom. The highest BCUT2D eigenvalue weighted by Crippen LogP contribution is 2.13. The van der Waals surface area contributed by atoms with Crippen LogP contribution in [0, 0.1) is 5.92 Å². The van der Waals surface area contributed by atoms with Gasteiger partial charge >= 0.3 is 0 Å². The summed E-state index contributed by atoms with van der Waals surface area (Å²) in [5.41, 5.74) is 1.09. The van der Waals surface area contributed by atoms with Crippen molar-refractivity contribution in [2.75, 3.05) is 6.54 Å². The number of hydrogen-bond acceptors (Lipinski definition) is 3. The van der Waals surface area contributed by atoms with Crippen LogP contribution < -0.4 is 5.32 Å². The molecule has 0 spiro atoms. The van der Waals surface area contributed by atoms with Gasteiger partial charge in [-0.2, -0.15) is 0 Å². The van der Waals surface area contributed by atoms with Gasteiger partial charge in [-0.05, 0) is 24.9 Å². The Morgan fingerprint density at radius 2 is 2.06 bits per heavy atom. The van der Waals surface area contributed by atoms with Crippen LogP contribution in [0.25, 0.3) is 0 Å². The number of hydrogen-bond donors (Lipinski definition) is 1. The Balaban J connectivity index is 2.54. The average molecular weight is 221 g/mol. The molecular formula is C13H23N3. The Morgan fingerprint density at radius 1 is 1.31 bits per heavy atom. The summed E-state index contributed by atoms with van der Waals surface area (Å²) in [5, 5.41) is 3.39. The third-order valence-corrected chi connectivity index (χ3v) is 2.64. The summed E-state index contributed by atoms with van der Waals surface area (Å²) in [4.78, 5) is 8.88. The van der Waals surface area contributed by atoms with Crippen molar-refractivity contribution in [1.29, 1.82) is 0 Å². The van der Waals surface area contributed by atoms with E-state index in [4.69, 9.17) is 0 Å². The standard InChI is InChI=1S/C13H23N3/c1-5-11(4)13-15-7-6-12(16-13)9-14-8-10(2)3/h6-7,10-11,14H,5,8-9H2,1-4H3. The third-order valence-electron chi connectivity index (χ3n) is 2.64. The zero-order valence-electron chi connectivity index (χ0n) is 10.8. The highest BCUT2D eigenvalue weighted by Gasteiger charge is 2.06. The van der Waals surface area contributed by atoms with Gasteiger partial charge < -0.3 is 5.32 Å². The van der Waals surface area contributed by atoms with E-state index in [-0.39, 0.29) is 0 Å². The van der Waals surface area contributed by atoms with Crippen LogP contribution in [0.15, 0.2) is 12.3 Å². The predicted molar refractivity (Wildman–Crippen MR) is 67.3 cm³/mol. The second kappa shape index (κ2) is 6.59. The van der Waals surface area contributed by atoms with Crippen LogP contribution in [0.2, 0.25) is 0 Å². The van der Waals surface area contributed by atoms with Gasteiger partial charge in [-0.1, -0.05) is 27.7 Å². The molecule has 1 aromatic heterocycles. The molecular weight excluding hydrogens is 198 g/mol. The number of rotatable bonds is 6. The van der Waals surface area contributed by atoms with Crippen LogP contribution in [-0.4, -0.2) is 16.5 Å². The Labute approximate surface area is 98.7 Å². The molecule has 90 valence electrons. The van der Waals surface area contributed by atoms with Gasteiger partial charge in [0, 0.05) is 18.7 Å². The van der Waals surface area contributed by atoms with Gasteiger partial charge in [0.1, 0.15) is 5.82 Å². The van der Waals surface area contributed by atoms with Crippen LogP contribution in [0.4, 0.5) is 0 Å². The summed E-state index contributed by atoms with van der Waals surface area (Å²) in [6.45, 7) is 10.6. The first kappa shape index (κ1) is 13.1. The van der Waals surface area contributed by atoms with Gasteiger partial charge in [-0.25, -0.2) is 9.97 Å². The summed E-state index contributed by atoms with van der Waals surface area (Å²) >= 11 is 0.